The van der Waals surface area contributed by atoms with Crippen molar-refractivity contribution in [3.63, 3.8) is 0 Å². The van der Waals surface area contributed by atoms with E-state index in [1.54, 1.807) is 13.0 Å². The topological polar surface area (TPSA) is 35.2 Å². The molecule has 2 aliphatic heterocycles. The standard InChI is InChI=1S/C25H31FN4/c1-17-21(26)6-7-22-24(17)28-25(27-22)20-5-8-23-19(16-20)11-15-30(23)12-3-4-18-9-13-29(2)14-10-18/h5-8,16,18H,3-4,9-15H2,1-2H3,(H,27,28). The van der Waals surface area contributed by atoms with Crippen LogP contribution in [0, 0.1) is 18.7 Å². The number of aromatic amines is 1. The van der Waals surface area contributed by atoms with Crippen molar-refractivity contribution < 1.29 is 4.39 Å². The molecule has 4 nitrogen and oxygen atoms in total. The first-order valence-electron chi connectivity index (χ1n) is 11.3. The number of piperidine rings is 1. The predicted molar refractivity (Wildman–Crippen MR) is 122 cm³/mol. The zero-order chi connectivity index (χ0) is 20.7. The molecule has 0 amide bonds. The Balaban J connectivity index is 1.27. The van der Waals surface area contributed by atoms with Crippen LogP contribution >= 0.6 is 0 Å². The largest absolute Gasteiger partial charge is 0.371 e. The lowest BCUT2D eigenvalue weighted by Gasteiger charge is -2.29. The molecule has 2 aliphatic rings. The number of aryl methyl sites for hydroxylation is 1. The van der Waals surface area contributed by atoms with E-state index in [1.807, 2.05) is 0 Å². The average Bonchev–Trinajstić information content (AvgIpc) is 3.37. The van der Waals surface area contributed by atoms with Gasteiger partial charge in [0.2, 0.25) is 0 Å². The van der Waals surface area contributed by atoms with Gasteiger partial charge in [-0.15, -0.1) is 0 Å². The fourth-order valence-electron chi connectivity index (χ4n) is 5.10. The summed E-state index contributed by atoms with van der Waals surface area (Å²) in [6, 6.07) is 9.93. The second-order valence-electron chi connectivity index (χ2n) is 9.12. The summed E-state index contributed by atoms with van der Waals surface area (Å²) in [5, 5.41) is 0. The first-order chi connectivity index (χ1) is 14.6. The van der Waals surface area contributed by atoms with Gasteiger partial charge >= 0.3 is 0 Å². The van der Waals surface area contributed by atoms with Crippen molar-refractivity contribution in [1.29, 1.82) is 0 Å². The number of imidazole rings is 1. The van der Waals surface area contributed by atoms with E-state index in [4.69, 9.17) is 0 Å². The minimum Gasteiger partial charge on any atom is -0.371 e. The van der Waals surface area contributed by atoms with Crippen LogP contribution in [0.3, 0.4) is 0 Å². The SMILES string of the molecule is Cc1c(F)ccc2[nH]c(-c3ccc4c(c3)CCN4CCCC3CCN(C)CC3)nc12. The molecule has 5 heteroatoms. The molecule has 5 rings (SSSR count). The van der Waals surface area contributed by atoms with Gasteiger partial charge in [-0.1, -0.05) is 0 Å². The number of rotatable bonds is 5. The highest BCUT2D eigenvalue weighted by Gasteiger charge is 2.21. The molecule has 0 unspecified atom stereocenters. The maximum Gasteiger partial charge on any atom is 0.138 e. The highest BCUT2D eigenvalue weighted by molar-refractivity contribution is 5.83. The Kier molecular flexibility index (Phi) is 5.23. The molecule has 2 aromatic carbocycles. The van der Waals surface area contributed by atoms with Crippen LogP contribution in [0.4, 0.5) is 10.1 Å². The lowest BCUT2D eigenvalue weighted by molar-refractivity contribution is 0.211. The van der Waals surface area contributed by atoms with Crippen LogP contribution in [0.2, 0.25) is 0 Å². The van der Waals surface area contributed by atoms with E-state index in [0.29, 0.717) is 5.56 Å². The zero-order valence-corrected chi connectivity index (χ0v) is 18.0. The maximum absolute atomic E-state index is 13.9. The summed E-state index contributed by atoms with van der Waals surface area (Å²) in [6.45, 7) is 6.56. The molecule has 1 aromatic heterocycles. The molecule has 0 spiro atoms. The monoisotopic (exact) mass is 406 g/mol. The Morgan fingerprint density at radius 3 is 2.80 bits per heavy atom. The zero-order valence-electron chi connectivity index (χ0n) is 18.0. The van der Waals surface area contributed by atoms with Crippen molar-refractivity contribution in [2.45, 2.75) is 39.0 Å². The van der Waals surface area contributed by atoms with Gasteiger partial charge in [-0.25, -0.2) is 9.37 Å². The van der Waals surface area contributed by atoms with E-state index in [0.717, 1.165) is 47.8 Å². The normalized spacial score (nSPS) is 17.8. The lowest BCUT2D eigenvalue weighted by atomic mass is 9.92. The smallest absolute Gasteiger partial charge is 0.138 e. The number of halogens is 1. The van der Waals surface area contributed by atoms with Gasteiger partial charge in [0.25, 0.3) is 0 Å². The third kappa shape index (κ3) is 3.71. The molecule has 0 radical (unpaired) electrons. The van der Waals surface area contributed by atoms with Gasteiger partial charge in [-0.3, -0.25) is 0 Å². The summed E-state index contributed by atoms with van der Waals surface area (Å²) in [6.07, 6.45) is 6.44. The molecular weight excluding hydrogens is 375 g/mol. The summed E-state index contributed by atoms with van der Waals surface area (Å²) in [5.41, 5.74) is 6.07. The molecule has 1 saturated heterocycles. The summed E-state index contributed by atoms with van der Waals surface area (Å²) in [5.74, 6) is 1.53. The van der Waals surface area contributed by atoms with E-state index in [-0.39, 0.29) is 5.82 Å². The van der Waals surface area contributed by atoms with Gasteiger partial charge in [0.15, 0.2) is 0 Å². The molecule has 3 heterocycles. The Labute approximate surface area is 178 Å². The predicted octanol–water partition coefficient (Wildman–Crippen LogP) is 5.16. The number of nitrogens with zero attached hydrogens (tertiary/aromatic N) is 3. The van der Waals surface area contributed by atoms with Crippen LogP contribution < -0.4 is 4.90 Å². The number of benzene rings is 2. The second kappa shape index (κ2) is 8.03. The quantitative estimate of drug-likeness (QED) is 0.635. The summed E-state index contributed by atoms with van der Waals surface area (Å²) in [4.78, 5) is 13.0. The second-order valence-corrected chi connectivity index (χ2v) is 9.12. The maximum atomic E-state index is 13.9. The molecule has 1 fully saturated rings. The van der Waals surface area contributed by atoms with Gasteiger partial charge in [0.05, 0.1) is 11.0 Å². The van der Waals surface area contributed by atoms with Crippen LogP contribution in [0.1, 0.15) is 36.8 Å². The fourth-order valence-corrected chi connectivity index (χ4v) is 5.10. The van der Waals surface area contributed by atoms with E-state index in [2.05, 4.69) is 45.0 Å². The van der Waals surface area contributed by atoms with Gasteiger partial charge in [0.1, 0.15) is 11.6 Å². The molecule has 158 valence electrons. The number of hydrogen-bond donors (Lipinski definition) is 1. The average molecular weight is 407 g/mol. The number of nitrogens with one attached hydrogen (secondary N) is 1. The van der Waals surface area contributed by atoms with E-state index in [1.165, 1.54) is 56.1 Å². The van der Waals surface area contributed by atoms with Crippen molar-refractivity contribution in [2.75, 3.05) is 38.1 Å². The van der Waals surface area contributed by atoms with Gasteiger partial charge in [0, 0.05) is 29.9 Å². The molecule has 1 N–H and O–H groups in total. The Hall–Kier alpha value is -2.40. The first-order valence-corrected chi connectivity index (χ1v) is 11.3. The number of fused-ring (bicyclic) bond motifs is 2. The highest BCUT2D eigenvalue weighted by Crippen LogP contribution is 2.33. The molecule has 30 heavy (non-hydrogen) atoms. The number of likely N-dealkylation sites (tertiary alicyclic amines) is 1. The van der Waals surface area contributed by atoms with Crippen molar-refractivity contribution >= 4 is 16.7 Å². The van der Waals surface area contributed by atoms with Crippen molar-refractivity contribution in [2.24, 2.45) is 5.92 Å². The minimum atomic E-state index is -0.203. The number of anilines is 1. The Bertz CT molecular complexity index is 1050. The van der Waals surface area contributed by atoms with E-state index in [9.17, 15) is 4.39 Å². The van der Waals surface area contributed by atoms with Crippen molar-refractivity contribution in [1.82, 2.24) is 14.9 Å². The van der Waals surface area contributed by atoms with E-state index < -0.39 is 0 Å². The lowest BCUT2D eigenvalue weighted by Crippen LogP contribution is -2.30. The molecule has 0 saturated carbocycles. The summed E-state index contributed by atoms with van der Waals surface area (Å²) in [7, 11) is 2.23. The fraction of sp³-hybridized carbons (Fsp3) is 0.480. The Morgan fingerprint density at radius 2 is 1.97 bits per heavy atom. The third-order valence-corrected chi connectivity index (χ3v) is 7.06. The molecule has 0 bridgehead atoms. The summed E-state index contributed by atoms with van der Waals surface area (Å²) >= 11 is 0. The number of aromatic nitrogens is 2. The molecule has 0 atom stereocenters. The third-order valence-electron chi connectivity index (χ3n) is 7.06. The van der Waals surface area contributed by atoms with Crippen LogP contribution in [-0.4, -0.2) is 48.1 Å². The van der Waals surface area contributed by atoms with Crippen LogP contribution in [0.15, 0.2) is 30.3 Å². The van der Waals surface area contributed by atoms with Gasteiger partial charge < -0.3 is 14.8 Å². The van der Waals surface area contributed by atoms with Crippen molar-refractivity contribution in [3.05, 3.63) is 47.3 Å². The van der Waals surface area contributed by atoms with Crippen LogP contribution in [0.5, 0.6) is 0 Å². The Morgan fingerprint density at radius 1 is 1.13 bits per heavy atom. The minimum absolute atomic E-state index is 0.203. The van der Waals surface area contributed by atoms with Crippen molar-refractivity contribution in [3.8, 4) is 11.4 Å². The molecule has 0 aliphatic carbocycles. The molecular formula is C25H31FN4. The number of hydrogen-bond acceptors (Lipinski definition) is 3. The first kappa shape index (κ1) is 19.6. The molecule has 3 aromatic rings. The van der Waals surface area contributed by atoms with Gasteiger partial charge in [-0.05, 0) is 101 Å². The van der Waals surface area contributed by atoms with Gasteiger partial charge in [-0.2, -0.15) is 0 Å². The van der Waals surface area contributed by atoms with E-state index >= 15 is 0 Å². The summed E-state index contributed by atoms with van der Waals surface area (Å²) < 4.78 is 13.9. The highest BCUT2D eigenvalue weighted by atomic mass is 19.1. The van der Waals surface area contributed by atoms with Crippen LogP contribution in [0.25, 0.3) is 22.4 Å². The number of H-pyrrole nitrogens is 1. The van der Waals surface area contributed by atoms with Crippen LogP contribution in [-0.2, 0) is 6.42 Å².